The second kappa shape index (κ2) is 6.59. The molecule has 1 N–H and O–H groups in total. The van der Waals surface area contributed by atoms with Crippen LogP contribution in [0.2, 0.25) is 0 Å². The summed E-state index contributed by atoms with van der Waals surface area (Å²) in [6.07, 6.45) is 8.93. The SMILES string of the molecule is CCOCCCn1ccnc1NC1CCN2CCCC12. The van der Waals surface area contributed by atoms with E-state index in [1.807, 2.05) is 13.1 Å². The number of aryl methyl sites for hydroxylation is 1. The molecule has 112 valence electrons. The number of anilines is 1. The summed E-state index contributed by atoms with van der Waals surface area (Å²) in [4.78, 5) is 7.11. The van der Waals surface area contributed by atoms with Gasteiger partial charge in [-0.05, 0) is 39.2 Å². The van der Waals surface area contributed by atoms with Gasteiger partial charge in [-0.1, -0.05) is 0 Å². The summed E-state index contributed by atoms with van der Waals surface area (Å²) in [5, 5.41) is 3.67. The van der Waals surface area contributed by atoms with Crippen LogP contribution in [-0.4, -0.2) is 52.8 Å². The van der Waals surface area contributed by atoms with E-state index >= 15 is 0 Å². The van der Waals surface area contributed by atoms with E-state index in [4.69, 9.17) is 4.74 Å². The van der Waals surface area contributed by atoms with Crippen molar-refractivity contribution in [2.75, 3.05) is 31.6 Å². The maximum atomic E-state index is 5.40. The lowest BCUT2D eigenvalue weighted by Crippen LogP contribution is -2.34. The van der Waals surface area contributed by atoms with E-state index in [9.17, 15) is 0 Å². The molecule has 3 heterocycles. The lowest BCUT2D eigenvalue weighted by atomic mass is 10.1. The number of hydrogen-bond acceptors (Lipinski definition) is 4. The molecule has 0 spiro atoms. The number of rotatable bonds is 7. The third-order valence-electron chi connectivity index (χ3n) is 4.53. The average molecular weight is 278 g/mol. The monoisotopic (exact) mass is 278 g/mol. The van der Waals surface area contributed by atoms with Crippen molar-refractivity contribution >= 4 is 5.95 Å². The van der Waals surface area contributed by atoms with Crippen LogP contribution in [0.15, 0.2) is 12.4 Å². The molecule has 2 saturated heterocycles. The average Bonchev–Trinajstić information content (AvgIpc) is 3.14. The van der Waals surface area contributed by atoms with Crippen molar-refractivity contribution in [2.45, 2.75) is 51.2 Å². The van der Waals surface area contributed by atoms with Crippen LogP contribution in [0.4, 0.5) is 5.95 Å². The fourth-order valence-corrected chi connectivity index (χ4v) is 3.53. The Morgan fingerprint density at radius 3 is 3.25 bits per heavy atom. The second-order valence-corrected chi connectivity index (χ2v) is 5.78. The lowest BCUT2D eigenvalue weighted by molar-refractivity contribution is 0.142. The maximum absolute atomic E-state index is 5.40. The van der Waals surface area contributed by atoms with Gasteiger partial charge in [-0.25, -0.2) is 4.98 Å². The van der Waals surface area contributed by atoms with Gasteiger partial charge in [0.2, 0.25) is 5.95 Å². The van der Waals surface area contributed by atoms with Crippen LogP contribution in [-0.2, 0) is 11.3 Å². The number of fused-ring (bicyclic) bond motifs is 1. The zero-order valence-electron chi connectivity index (χ0n) is 12.4. The fraction of sp³-hybridized carbons (Fsp3) is 0.800. The number of nitrogens with zero attached hydrogens (tertiary/aromatic N) is 3. The van der Waals surface area contributed by atoms with Crippen molar-refractivity contribution < 1.29 is 4.74 Å². The molecule has 3 rings (SSSR count). The van der Waals surface area contributed by atoms with Crippen LogP contribution >= 0.6 is 0 Å². The fourth-order valence-electron chi connectivity index (χ4n) is 3.53. The van der Waals surface area contributed by atoms with Crippen LogP contribution in [0, 0.1) is 0 Å². The number of imidazole rings is 1. The Kier molecular flexibility index (Phi) is 4.58. The Labute approximate surface area is 121 Å². The second-order valence-electron chi connectivity index (χ2n) is 5.78. The first-order valence-corrected chi connectivity index (χ1v) is 7.98. The number of aromatic nitrogens is 2. The first kappa shape index (κ1) is 13.9. The Balaban J connectivity index is 1.54. The van der Waals surface area contributed by atoms with Gasteiger partial charge in [-0.3, -0.25) is 4.90 Å². The van der Waals surface area contributed by atoms with Gasteiger partial charge in [0.05, 0.1) is 0 Å². The van der Waals surface area contributed by atoms with Crippen LogP contribution < -0.4 is 5.32 Å². The minimum Gasteiger partial charge on any atom is -0.382 e. The molecule has 0 bridgehead atoms. The van der Waals surface area contributed by atoms with Gasteiger partial charge in [-0.2, -0.15) is 0 Å². The van der Waals surface area contributed by atoms with E-state index in [0.29, 0.717) is 6.04 Å². The standard InChI is InChI=1S/C15H26N4O/c1-2-20-12-4-9-19-11-7-16-15(19)17-13-6-10-18-8-3-5-14(13)18/h7,11,13-14H,2-6,8-10,12H2,1H3,(H,16,17). The molecule has 2 unspecified atom stereocenters. The van der Waals surface area contributed by atoms with Gasteiger partial charge in [0.15, 0.2) is 0 Å². The van der Waals surface area contributed by atoms with E-state index in [1.165, 1.54) is 32.4 Å². The minimum atomic E-state index is 0.575. The van der Waals surface area contributed by atoms with E-state index in [0.717, 1.165) is 38.2 Å². The molecule has 0 saturated carbocycles. The minimum absolute atomic E-state index is 0.575. The summed E-state index contributed by atoms with van der Waals surface area (Å²) >= 11 is 0. The molecule has 2 aliphatic rings. The van der Waals surface area contributed by atoms with Gasteiger partial charge in [0.25, 0.3) is 0 Å². The van der Waals surface area contributed by atoms with Crippen molar-refractivity contribution in [1.82, 2.24) is 14.5 Å². The zero-order valence-corrected chi connectivity index (χ0v) is 12.4. The van der Waals surface area contributed by atoms with Crippen molar-refractivity contribution in [3.63, 3.8) is 0 Å². The van der Waals surface area contributed by atoms with E-state index in [2.05, 4.69) is 26.0 Å². The molecule has 1 aromatic rings. The predicted octanol–water partition coefficient (Wildman–Crippen LogP) is 1.96. The maximum Gasteiger partial charge on any atom is 0.203 e. The summed E-state index contributed by atoms with van der Waals surface area (Å²) in [5.74, 6) is 1.03. The van der Waals surface area contributed by atoms with Gasteiger partial charge < -0.3 is 14.6 Å². The number of ether oxygens (including phenoxy) is 1. The summed E-state index contributed by atoms with van der Waals surface area (Å²) in [6, 6.07) is 1.30. The molecular formula is C15H26N4O. The predicted molar refractivity (Wildman–Crippen MR) is 80.0 cm³/mol. The quantitative estimate of drug-likeness (QED) is 0.774. The first-order chi connectivity index (χ1) is 9.88. The molecule has 0 amide bonds. The highest BCUT2D eigenvalue weighted by molar-refractivity contribution is 5.29. The molecule has 0 radical (unpaired) electrons. The highest BCUT2D eigenvalue weighted by atomic mass is 16.5. The largest absolute Gasteiger partial charge is 0.382 e. The lowest BCUT2D eigenvalue weighted by Gasteiger charge is -2.22. The smallest absolute Gasteiger partial charge is 0.203 e. The molecule has 5 nitrogen and oxygen atoms in total. The summed E-state index contributed by atoms with van der Waals surface area (Å²) < 4.78 is 7.62. The molecule has 0 aliphatic carbocycles. The first-order valence-electron chi connectivity index (χ1n) is 7.98. The van der Waals surface area contributed by atoms with Crippen molar-refractivity contribution in [3.05, 3.63) is 12.4 Å². The Morgan fingerprint density at radius 2 is 2.35 bits per heavy atom. The van der Waals surface area contributed by atoms with Crippen LogP contribution in [0.1, 0.15) is 32.6 Å². The van der Waals surface area contributed by atoms with Gasteiger partial charge >= 0.3 is 0 Å². The number of nitrogens with one attached hydrogen (secondary N) is 1. The van der Waals surface area contributed by atoms with E-state index in [1.54, 1.807) is 0 Å². The highest BCUT2D eigenvalue weighted by Gasteiger charge is 2.37. The molecule has 5 heteroatoms. The van der Waals surface area contributed by atoms with Gasteiger partial charge in [0.1, 0.15) is 0 Å². The highest BCUT2D eigenvalue weighted by Crippen LogP contribution is 2.29. The third-order valence-corrected chi connectivity index (χ3v) is 4.53. The van der Waals surface area contributed by atoms with E-state index < -0.39 is 0 Å². The third kappa shape index (κ3) is 2.99. The van der Waals surface area contributed by atoms with Crippen molar-refractivity contribution in [1.29, 1.82) is 0 Å². The Hall–Kier alpha value is -1.07. The zero-order chi connectivity index (χ0) is 13.8. The van der Waals surface area contributed by atoms with Crippen LogP contribution in [0.3, 0.4) is 0 Å². The van der Waals surface area contributed by atoms with Gasteiger partial charge in [-0.15, -0.1) is 0 Å². The summed E-state index contributed by atoms with van der Waals surface area (Å²) in [5.41, 5.74) is 0. The molecule has 1 aromatic heterocycles. The Bertz CT molecular complexity index is 420. The molecule has 2 atom stereocenters. The number of hydrogen-bond donors (Lipinski definition) is 1. The van der Waals surface area contributed by atoms with E-state index in [-0.39, 0.29) is 0 Å². The Morgan fingerprint density at radius 1 is 1.40 bits per heavy atom. The molecular weight excluding hydrogens is 252 g/mol. The molecule has 20 heavy (non-hydrogen) atoms. The topological polar surface area (TPSA) is 42.3 Å². The van der Waals surface area contributed by atoms with Crippen molar-refractivity contribution in [2.24, 2.45) is 0 Å². The van der Waals surface area contributed by atoms with Crippen molar-refractivity contribution in [3.8, 4) is 0 Å². The van der Waals surface area contributed by atoms with Crippen LogP contribution in [0.25, 0.3) is 0 Å². The van der Waals surface area contributed by atoms with Gasteiger partial charge in [0, 0.05) is 50.8 Å². The normalized spacial score (nSPS) is 26.1. The molecule has 2 fully saturated rings. The molecule has 0 aromatic carbocycles. The molecule has 2 aliphatic heterocycles. The summed E-state index contributed by atoms with van der Waals surface area (Å²) in [6.45, 7) is 7.17. The summed E-state index contributed by atoms with van der Waals surface area (Å²) in [7, 11) is 0. The van der Waals surface area contributed by atoms with Crippen LogP contribution in [0.5, 0.6) is 0 Å².